The van der Waals surface area contributed by atoms with Crippen LogP contribution in [0.25, 0.3) is 0 Å². The molecule has 1 heterocycles. The first-order chi connectivity index (χ1) is 9.52. The van der Waals surface area contributed by atoms with Gasteiger partial charge in [-0.25, -0.2) is 4.39 Å². The van der Waals surface area contributed by atoms with Crippen LogP contribution in [0.3, 0.4) is 0 Å². The molecule has 2 rings (SSSR count). The molecule has 1 N–H and O–H groups in total. The second kappa shape index (κ2) is 6.83. The van der Waals surface area contributed by atoms with E-state index in [2.05, 4.69) is 48.1 Å². The molecule has 108 valence electrons. The molecule has 1 aromatic carbocycles. The minimum Gasteiger partial charge on any atom is -0.306 e. The average molecular weight is 356 g/mol. The van der Waals surface area contributed by atoms with Gasteiger partial charge in [-0.15, -0.1) is 11.3 Å². The molecule has 1 aromatic heterocycles. The largest absolute Gasteiger partial charge is 0.306 e. The van der Waals surface area contributed by atoms with Crippen molar-refractivity contribution in [2.24, 2.45) is 0 Å². The van der Waals surface area contributed by atoms with Gasteiger partial charge >= 0.3 is 0 Å². The zero-order valence-electron chi connectivity index (χ0n) is 12.0. The number of nitrogens with one attached hydrogen (secondary N) is 1. The number of rotatable bonds is 5. The first-order valence-electron chi connectivity index (χ1n) is 6.78. The van der Waals surface area contributed by atoms with Crippen molar-refractivity contribution in [2.45, 2.75) is 33.2 Å². The van der Waals surface area contributed by atoms with Gasteiger partial charge in [0.1, 0.15) is 5.82 Å². The van der Waals surface area contributed by atoms with Crippen LogP contribution in [-0.2, 0) is 0 Å². The van der Waals surface area contributed by atoms with Gasteiger partial charge in [0.2, 0.25) is 0 Å². The van der Waals surface area contributed by atoms with E-state index < -0.39 is 0 Å². The summed E-state index contributed by atoms with van der Waals surface area (Å²) in [6, 6.07) is 7.63. The Morgan fingerprint density at radius 3 is 2.60 bits per heavy atom. The molecule has 0 bridgehead atoms. The van der Waals surface area contributed by atoms with Gasteiger partial charge < -0.3 is 5.32 Å². The lowest BCUT2D eigenvalue weighted by Gasteiger charge is -2.19. The van der Waals surface area contributed by atoms with Crippen LogP contribution in [0.4, 0.5) is 4.39 Å². The van der Waals surface area contributed by atoms with Gasteiger partial charge in [-0.3, -0.25) is 0 Å². The van der Waals surface area contributed by atoms with Crippen LogP contribution in [0, 0.1) is 19.7 Å². The predicted octanol–water partition coefficient (Wildman–Crippen LogP) is 5.36. The second-order valence-electron chi connectivity index (χ2n) is 4.96. The molecule has 0 spiro atoms. The van der Waals surface area contributed by atoms with E-state index in [9.17, 15) is 4.39 Å². The van der Waals surface area contributed by atoms with Gasteiger partial charge in [0, 0.05) is 9.75 Å². The Balaban J connectivity index is 2.41. The molecule has 1 unspecified atom stereocenters. The molecule has 0 fully saturated rings. The van der Waals surface area contributed by atoms with E-state index >= 15 is 0 Å². The summed E-state index contributed by atoms with van der Waals surface area (Å²) in [4.78, 5) is 2.57. The van der Waals surface area contributed by atoms with Crippen molar-refractivity contribution in [1.29, 1.82) is 0 Å². The highest BCUT2D eigenvalue weighted by atomic mass is 79.9. The van der Waals surface area contributed by atoms with Crippen LogP contribution in [0.15, 0.2) is 28.7 Å². The topological polar surface area (TPSA) is 12.0 Å². The molecule has 1 atom stereocenters. The number of aryl methyl sites for hydroxylation is 2. The van der Waals surface area contributed by atoms with Crippen molar-refractivity contribution in [3.8, 4) is 0 Å². The fraction of sp³-hybridized carbons (Fsp3) is 0.375. The third-order valence-corrected chi connectivity index (χ3v) is 5.08. The van der Waals surface area contributed by atoms with Crippen LogP contribution in [0.2, 0.25) is 0 Å². The van der Waals surface area contributed by atoms with E-state index in [0.29, 0.717) is 4.47 Å². The summed E-state index contributed by atoms with van der Waals surface area (Å²) >= 11 is 4.99. The Morgan fingerprint density at radius 1 is 1.30 bits per heavy atom. The molecule has 1 nitrogen and oxygen atoms in total. The molecule has 2 aromatic rings. The maximum Gasteiger partial charge on any atom is 0.137 e. The lowest BCUT2D eigenvalue weighted by atomic mass is 10.0. The van der Waals surface area contributed by atoms with E-state index in [1.165, 1.54) is 15.3 Å². The number of thiophene rings is 1. The molecular weight excluding hydrogens is 337 g/mol. The highest BCUT2D eigenvalue weighted by Gasteiger charge is 2.19. The summed E-state index contributed by atoms with van der Waals surface area (Å²) in [6.07, 6.45) is 1.05. The zero-order valence-corrected chi connectivity index (χ0v) is 14.4. The minimum absolute atomic E-state index is 0.0660. The summed E-state index contributed by atoms with van der Waals surface area (Å²) in [5, 5.41) is 3.53. The first kappa shape index (κ1) is 15.7. The van der Waals surface area contributed by atoms with Crippen molar-refractivity contribution in [3.05, 3.63) is 55.4 Å². The highest BCUT2D eigenvalue weighted by molar-refractivity contribution is 9.10. The molecule has 0 saturated carbocycles. The van der Waals surface area contributed by atoms with Crippen LogP contribution >= 0.6 is 27.3 Å². The number of halogens is 2. The lowest BCUT2D eigenvalue weighted by molar-refractivity contribution is 0.587. The molecular formula is C16H19BrFNS. The summed E-state index contributed by atoms with van der Waals surface area (Å²) in [6.45, 7) is 7.28. The second-order valence-corrected chi connectivity index (χ2v) is 7.11. The van der Waals surface area contributed by atoms with Crippen LogP contribution in [-0.4, -0.2) is 6.54 Å². The van der Waals surface area contributed by atoms with E-state index in [1.54, 1.807) is 23.5 Å². The number of benzene rings is 1. The molecule has 0 aliphatic carbocycles. The molecule has 0 saturated heterocycles. The van der Waals surface area contributed by atoms with E-state index in [1.807, 2.05) is 6.07 Å². The maximum absolute atomic E-state index is 13.8. The predicted molar refractivity (Wildman–Crippen MR) is 88.0 cm³/mol. The van der Waals surface area contributed by atoms with Gasteiger partial charge in [-0.2, -0.15) is 0 Å². The fourth-order valence-electron chi connectivity index (χ4n) is 2.29. The standard InChI is InChI=1S/C16H19BrFNS/c1-4-7-19-15(16-10(2)8-11(3)20-16)12-5-6-13(17)14(18)9-12/h5-6,8-9,15,19H,4,7H2,1-3H3. The SMILES string of the molecule is CCCNC(c1ccc(Br)c(F)c1)c1sc(C)cc1C. The number of hydrogen-bond acceptors (Lipinski definition) is 2. The van der Waals surface area contributed by atoms with Crippen LogP contribution < -0.4 is 5.32 Å². The van der Waals surface area contributed by atoms with E-state index in [0.717, 1.165) is 18.5 Å². The average Bonchev–Trinajstić information content (AvgIpc) is 2.73. The van der Waals surface area contributed by atoms with Gasteiger partial charge in [0.15, 0.2) is 0 Å². The summed E-state index contributed by atoms with van der Waals surface area (Å²) in [7, 11) is 0. The fourth-order valence-corrected chi connectivity index (χ4v) is 3.67. The summed E-state index contributed by atoms with van der Waals surface area (Å²) in [5.41, 5.74) is 2.24. The van der Waals surface area contributed by atoms with Crippen molar-refractivity contribution in [2.75, 3.05) is 6.54 Å². The van der Waals surface area contributed by atoms with Gasteiger partial charge in [0.25, 0.3) is 0 Å². The molecule has 4 heteroatoms. The van der Waals surface area contributed by atoms with Crippen LogP contribution in [0.5, 0.6) is 0 Å². The minimum atomic E-state index is -0.211. The molecule has 20 heavy (non-hydrogen) atoms. The van der Waals surface area contributed by atoms with Crippen molar-refractivity contribution >= 4 is 27.3 Å². The van der Waals surface area contributed by atoms with Crippen molar-refractivity contribution in [1.82, 2.24) is 5.32 Å². The van der Waals surface area contributed by atoms with Gasteiger partial charge in [-0.05, 0) is 72.1 Å². The zero-order chi connectivity index (χ0) is 14.7. The number of hydrogen-bond donors (Lipinski definition) is 1. The Bertz CT molecular complexity index is 594. The molecule has 0 amide bonds. The molecule has 0 aliphatic rings. The van der Waals surface area contributed by atoms with E-state index in [-0.39, 0.29) is 11.9 Å². The summed E-state index contributed by atoms with van der Waals surface area (Å²) in [5.74, 6) is -0.211. The summed E-state index contributed by atoms with van der Waals surface area (Å²) < 4.78 is 14.3. The Morgan fingerprint density at radius 2 is 2.05 bits per heavy atom. The Labute approximate surface area is 132 Å². The van der Waals surface area contributed by atoms with Crippen molar-refractivity contribution in [3.63, 3.8) is 0 Å². The van der Waals surface area contributed by atoms with Crippen LogP contribution in [0.1, 0.15) is 40.3 Å². The van der Waals surface area contributed by atoms with Crippen molar-refractivity contribution < 1.29 is 4.39 Å². The van der Waals surface area contributed by atoms with Gasteiger partial charge in [0.05, 0.1) is 10.5 Å². The maximum atomic E-state index is 13.8. The quantitative estimate of drug-likeness (QED) is 0.761. The first-order valence-corrected chi connectivity index (χ1v) is 8.39. The normalized spacial score (nSPS) is 12.7. The molecule has 0 radical (unpaired) electrons. The Kier molecular flexibility index (Phi) is 5.35. The monoisotopic (exact) mass is 355 g/mol. The molecule has 0 aliphatic heterocycles. The van der Waals surface area contributed by atoms with E-state index in [4.69, 9.17) is 0 Å². The Hall–Kier alpha value is -0.710. The third kappa shape index (κ3) is 3.48. The third-order valence-electron chi connectivity index (χ3n) is 3.22. The lowest BCUT2D eigenvalue weighted by Crippen LogP contribution is -2.23. The highest BCUT2D eigenvalue weighted by Crippen LogP contribution is 2.33. The smallest absolute Gasteiger partial charge is 0.137 e. The van der Waals surface area contributed by atoms with Gasteiger partial charge in [-0.1, -0.05) is 13.0 Å².